The first-order chi connectivity index (χ1) is 9.81. The van der Waals surface area contributed by atoms with E-state index in [1.807, 2.05) is 12.1 Å². The summed E-state index contributed by atoms with van der Waals surface area (Å²) in [6.07, 6.45) is 3.34. The van der Waals surface area contributed by atoms with E-state index in [4.69, 9.17) is 0 Å². The van der Waals surface area contributed by atoms with E-state index in [1.165, 1.54) is 28.6 Å². The minimum Gasteiger partial charge on any atom is -0.508 e. The molecule has 2 N–H and O–H groups in total. The summed E-state index contributed by atoms with van der Waals surface area (Å²) < 4.78 is 0. The number of phenolic OH excluding ortho intramolecular Hbond substituents is 1. The van der Waals surface area contributed by atoms with Crippen molar-refractivity contribution < 1.29 is 5.11 Å². The van der Waals surface area contributed by atoms with Crippen molar-refractivity contribution in [2.24, 2.45) is 0 Å². The highest BCUT2D eigenvalue weighted by Gasteiger charge is 2.23. The molecule has 0 radical (unpaired) electrons. The number of aryl methyl sites for hydroxylation is 1. The van der Waals surface area contributed by atoms with Gasteiger partial charge in [0, 0.05) is 16.6 Å². The van der Waals surface area contributed by atoms with Crippen LogP contribution in [0.2, 0.25) is 0 Å². The van der Waals surface area contributed by atoms with Crippen molar-refractivity contribution >= 4 is 10.9 Å². The fourth-order valence-electron chi connectivity index (χ4n) is 3.41. The van der Waals surface area contributed by atoms with Gasteiger partial charge in [-0.15, -0.1) is 0 Å². The maximum atomic E-state index is 9.72. The molecule has 2 nitrogen and oxygen atoms in total. The van der Waals surface area contributed by atoms with Crippen molar-refractivity contribution in [3.8, 4) is 5.75 Å². The van der Waals surface area contributed by atoms with Crippen molar-refractivity contribution in [2.75, 3.05) is 0 Å². The molecule has 20 heavy (non-hydrogen) atoms. The van der Waals surface area contributed by atoms with E-state index >= 15 is 0 Å². The summed E-state index contributed by atoms with van der Waals surface area (Å²) in [5, 5.41) is 10.9. The van der Waals surface area contributed by atoms with Gasteiger partial charge in [-0.25, -0.2) is 0 Å². The number of aromatic nitrogens is 1. The van der Waals surface area contributed by atoms with Gasteiger partial charge in [-0.2, -0.15) is 0 Å². The first-order valence-corrected chi connectivity index (χ1v) is 7.18. The average Bonchev–Trinajstić information content (AvgIpc) is 2.85. The van der Waals surface area contributed by atoms with Gasteiger partial charge in [0.05, 0.1) is 0 Å². The number of nitrogens with one attached hydrogen (secondary N) is 1. The third-order valence-corrected chi connectivity index (χ3v) is 4.44. The van der Waals surface area contributed by atoms with Gasteiger partial charge in [0.1, 0.15) is 5.75 Å². The monoisotopic (exact) mass is 263 g/mol. The molecule has 0 saturated heterocycles. The quantitative estimate of drug-likeness (QED) is 0.680. The molecule has 4 rings (SSSR count). The van der Waals surface area contributed by atoms with Crippen molar-refractivity contribution in [2.45, 2.75) is 25.2 Å². The second kappa shape index (κ2) is 4.41. The molecule has 1 unspecified atom stereocenters. The van der Waals surface area contributed by atoms with Crippen molar-refractivity contribution in [3.63, 3.8) is 0 Å². The molecule has 0 bridgehead atoms. The molecule has 0 aliphatic heterocycles. The maximum Gasteiger partial charge on any atom is 0.116 e. The summed E-state index contributed by atoms with van der Waals surface area (Å²) in [6, 6.07) is 16.4. The Kier molecular flexibility index (Phi) is 2.56. The Morgan fingerprint density at radius 3 is 2.75 bits per heavy atom. The highest BCUT2D eigenvalue weighted by atomic mass is 16.3. The molecule has 2 aromatic carbocycles. The van der Waals surface area contributed by atoms with Gasteiger partial charge >= 0.3 is 0 Å². The summed E-state index contributed by atoms with van der Waals surface area (Å²) in [5.74, 6) is 0.936. The van der Waals surface area contributed by atoms with E-state index in [-0.39, 0.29) is 0 Å². The SMILES string of the molecule is Oc1ccc2[nH]c3c(c2c1)CC(c1ccccc1)CC3. The van der Waals surface area contributed by atoms with Crippen LogP contribution < -0.4 is 0 Å². The summed E-state index contributed by atoms with van der Waals surface area (Å²) in [7, 11) is 0. The highest BCUT2D eigenvalue weighted by Crippen LogP contribution is 2.37. The fraction of sp³-hybridized carbons (Fsp3) is 0.222. The predicted molar refractivity (Wildman–Crippen MR) is 81.2 cm³/mol. The van der Waals surface area contributed by atoms with Crippen LogP contribution in [0.3, 0.4) is 0 Å². The first-order valence-electron chi connectivity index (χ1n) is 7.18. The van der Waals surface area contributed by atoms with Crippen LogP contribution in [0.25, 0.3) is 10.9 Å². The largest absolute Gasteiger partial charge is 0.508 e. The van der Waals surface area contributed by atoms with Crippen LogP contribution in [0.15, 0.2) is 48.5 Å². The number of aromatic hydroxyl groups is 1. The molecular formula is C18H17NO. The average molecular weight is 263 g/mol. The normalized spacial score (nSPS) is 18.1. The number of hydrogen-bond acceptors (Lipinski definition) is 1. The molecule has 0 spiro atoms. The minimum absolute atomic E-state index is 0.348. The first kappa shape index (κ1) is 11.6. The number of aromatic amines is 1. The van der Waals surface area contributed by atoms with E-state index < -0.39 is 0 Å². The van der Waals surface area contributed by atoms with Crippen molar-refractivity contribution in [1.82, 2.24) is 4.98 Å². The van der Waals surface area contributed by atoms with E-state index in [9.17, 15) is 5.11 Å². The lowest BCUT2D eigenvalue weighted by Gasteiger charge is -2.22. The zero-order valence-corrected chi connectivity index (χ0v) is 11.3. The van der Waals surface area contributed by atoms with Gasteiger partial charge < -0.3 is 10.1 Å². The van der Waals surface area contributed by atoms with E-state index in [2.05, 4.69) is 35.3 Å². The van der Waals surface area contributed by atoms with Crippen LogP contribution >= 0.6 is 0 Å². The third kappa shape index (κ3) is 1.80. The smallest absolute Gasteiger partial charge is 0.116 e. The van der Waals surface area contributed by atoms with Crippen LogP contribution in [-0.4, -0.2) is 10.1 Å². The Morgan fingerprint density at radius 2 is 1.90 bits per heavy atom. The standard InChI is InChI=1S/C18H17NO/c20-14-7-9-18-16(11-14)15-10-13(6-8-17(15)19-18)12-4-2-1-3-5-12/h1-5,7,9,11,13,19-20H,6,8,10H2. The van der Waals surface area contributed by atoms with E-state index in [1.54, 1.807) is 6.07 Å². The lowest BCUT2D eigenvalue weighted by atomic mass is 9.82. The van der Waals surface area contributed by atoms with Crippen molar-refractivity contribution in [1.29, 1.82) is 0 Å². The van der Waals surface area contributed by atoms with Gasteiger partial charge in [-0.05, 0) is 54.5 Å². The predicted octanol–water partition coefficient (Wildman–Crippen LogP) is 4.15. The van der Waals surface area contributed by atoms with E-state index in [0.29, 0.717) is 11.7 Å². The topological polar surface area (TPSA) is 36.0 Å². The van der Waals surface area contributed by atoms with Crippen LogP contribution in [0, 0.1) is 0 Å². The summed E-state index contributed by atoms with van der Waals surface area (Å²) in [6.45, 7) is 0. The molecule has 1 aliphatic rings. The van der Waals surface area contributed by atoms with Gasteiger partial charge in [-0.3, -0.25) is 0 Å². The highest BCUT2D eigenvalue weighted by molar-refractivity contribution is 5.86. The summed E-state index contributed by atoms with van der Waals surface area (Å²) in [5.41, 5.74) is 5.29. The van der Waals surface area contributed by atoms with Gasteiger partial charge in [0.25, 0.3) is 0 Å². The Bertz CT molecular complexity index is 758. The number of hydrogen-bond donors (Lipinski definition) is 2. The molecule has 100 valence electrons. The fourth-order valence-corrected chi connectivity index (χ4v) is 3.41. The summed E-state index contributed by atoms with van der Waals surface area (Å²) in [4.78, 5) is 3.50. The maximum absolute atomic E-state index is 9.72. The van der Waals surface area contributed by atoms with E-state index in [0.717, 1.165) is 18.4 Å². The molecule has 1 atom stereocenters. The molecule has 0 saturated carbocycles. The molecule has 1 heterocycles. The van der Waals surface area contributed by atoms with Crippen LogP contribution in [0.1, 0.15) is 29.2 Å². The lowest BCUT2D eigenvalue weighted by Crippen LogP contribution is -2.11. The van der Waals surface area contributed by atoms with Crippen LogP contribution in [-0.2, 0) is 12.8 Å². The van der Waals surface area contributed by atoms with Gasteiger partial charge in [-0.1, -0.05) is 30.3 Å². The molecule has 0 fully saturated rings. The zero-order valence-electron chi connectivity index (χ0n) is 11.3. The molecule has 0 amide bonds. The zero-order chi connectivity index (χ0) is 13.5. The summed E-state index contributed by atoms with van der Waals surface area (Å²) >= 11 is 0. The Balaban J connectivity index is 1.78. The molecule has 2 heteroatoms. The molecule has 1 aliphatic carbocycles. The van der Waals surface area contributed by atoms with Gasteiger partial charge in [0.15, 0.2) is 0 Å². The lowest BCUT2D eigenvalue weighted by molar-refractivity contribution is 0.476. The Hall–Kier alpha value is -2.22. The second-order valence-corrected chi connectivity index (χ2v) is 5.66. The number of phenols is 1. The third-order valence-electron chi connectivity index (χ3n) is 4.44. The Labute approximate surface area is 118 Å². The van der Waals surface area contributed by atoms with Crippen LogP contribution in [0.4, 0.5) is 0 Å². The van der Waals surface area contributed by atoms with Crippen molar-refractivity contribution in [3.05, 3.63) is 65.4 Å². The number of H-pyrrole nitrogens is 1. The number of benzene rings is 2. The second-order valence-electron chi connectivity index (χ2n) is 5.66. The minimum atomic E-state index is 0.348. The molecule has 3 aromatic rings. The van der Waals surface area contributed by atoms with Crippen LogP contribution in [0.5, 0.6) is 5.75 Å². The molecule has 1 aromatic heterocycles. The van der Waals surface area contributed by atoms with Gasteiger partial charge in [0.2, 0.25) is 0 Å². The Morgan fingerprint density at radius 1 is 1.05 bits per heavy atom. The number of rotatable bonds is 1. The molecular weight excluding hydrogens is 246 g/mol. The number of fused-ring (bicyclic) bond motifs is 3.